The van der Waals surface area contributed by atoms with Crippen LogP contribution in [-0.4, -0.2) is 90.0 Å². The van der Waals surface area contributed by atoms with E-state index in [-0.39, 0.29) is 36.4 Å². The Bertz CT molecular complexity index is 852. The topological polar surface area (TPSA) is 76.2 Å². The number of piperazine rings is 1. The van der Waals surface area contributed by atoms with Gasteiger partial charge in [0.2, 0.25) is 18.2 Å². The van der Waals surface area contributed by atoms with Crippen molar-refractivity contribution in [3.8, 4) is 0 Å². The highest BCUT2D eigenvalue weighted by atomic mass is 19.1. The molecule has 4 aliphatic rings. The van der Waals surface area contributed by atoms with E-state index in [2.05, 4.69) is 12.2 Å². The number of halogens is 1. The van der Waals surface area contributed by atoms with Gasteiger partial charge in [-0.3, -0.25) is 19.4 Å². The summed E-state index contributed by atoms with van der Waals surface area (Å²) in [5.41, 5.74) is 1.14. The van der Waals surface area contributed by atoms with Gasteiger partial charge in [0.05, 0.1) is 13.1 Å². The molecule has 0 spiro atoms. The zero-order valence-electron chi connectivity index (χ0n) is 21.3. The fraction of sp³-hybridized carbons (Fsp3) is 0.654. The minimum Gasteiger partial charge on any atom is -0.334 e. The Morgan fingerprint density at radius 2 is 1.91 bits per heavy atom. The Kier molecular flexibility index (Phi) is 10.0. The van der Waals surface area contributed by atoms with Crippen LogP contribution in [0.25, 0.3) is 0 Å². The van der Waals surface area contributed by atoms with E-state index in [1.54, 1.807) is 34.1 Å². The molecule has 3 fully saturated rings. The lowest BCUT2D eigenvalue weighted by atomic mass is 9.99. The maximum atomic E-state index is 13.1. The zero-order chi connectivity index (χ0) is 25.4. The fourth-order valence-electron chi connectivity index (χ4n) is 5.35. The fourth-order valence-corrected chi connectivity index (χ4v) is 5.35. The number of rotatable bonds is 7. The molecule has 2 aliphatic carbocycles. The second-order valence-electron chi connectivity index (χ2n) is 9.64. The van der Waals surface area contributed by atoms with Crippen LogP contribution in [0.4, 0.5) is 4.39 Å². The maximum absolute atomic E-state index is 13.1. The summed E-state index contributed by atoms with van der Waals surface area (Å²) in [6.45, 7) is 3.47. The van der Waals surface area contributed by atoms with Gasteiger partial charge in [0, 0.05) is 19.6 Å². The van der Waals surface area contributed by atoms with Gasteiger partial charge in [-0.15, -0.1) is 0 Å². The molecule has 35 heavy (non-hydrogen) atoms. The molecule has 194 valence electrons. The molecule has 0 aromatic heterocycles. The average molecular weight is 490 g/mol. The van der Waals surface area contributed by atoms with E-state index in [1.165, 1.54) is 6.08 Å². The number of carbonyl (C=O) groups is 3. The van der Waals surface area contributed by atoms with Crippen molar-refractivity contribution in [1.82, 2.24) is 25.1 Å². The molecule has 2 saturated heterocycles. The first-order valence-corrected chi connectivity index (χ1v) is 12.8. The molecule has 0 aromatic carbocycles. The van der Waals surface area contributed by atoms with Gasteiger partial charge in [-0.1, -0.05) is 44.8 Å². The highest BCUT2D eigenvalue weighted by Crippen LogP contribution is 2.32. The Labute approximate surface area is 208 Å². The largest absolute Gasteiger partial charge is 0.334 e. The molecule has 1 unspecified atom stereocenters. The van der Waals surface area contributed by atoms with Crippen LogP contribution in [0.15, 0.2) is 35.7 Å². The minimum absolute atomic E-state index is 0.0545. The molecule has 1 saturated carbocycles. The number of nitrogens with one attached hydrogen (secondary N) is 1. The summed E-state index contributed by atoms with van der Waals surface area (Å²) in [6.07, 6.45) is 14.9. The Morgan fingerprint density at radius 1 is 1.17 bits per heavy atom. The number of hydrogen-bond donors (Lipinski definition) is 1. The summed E-state index contributed by atoms with van der Waals surface area (Å²) in [6, 6.07) is -0.160. The quantitative estimate of drug-likeness (QED) is 0.557. The van der Waals surface area contributed by atoms with Crippen LogP contribution < -0.4 is 5.32 Å². The molecule has 2 aliphatic heterocycles. The summed E-state index contributed by atoms with van der Waals surface area (Å²) in [5, 5.41) is 6.26. The predicted molar refractivity (Wildman–Crippen MR) is 133 cm³/mol. The normalized spacial score (nSPS) is 25.5. The zero-order valence-corrected chi connectivity index (χ0v) is 21.3. The summed E-state index contributed by atoms with van der Waals surface area (Å²) in [5.74, 6) is -0.121. The van der Waals surface area contributed by atoms with Gasteiger partial charge in [0.15, 0.2) is 0 Å². The van der Waals surface area contributed by atoms with Crippen LogP contribution in [-0.2, 0) is 14.4 Å². The molecule has 0 aromatic rings. The standard InChI is InChI=1S/C17H28N4O3.C9H12FN/c1-3-4-9-14-17(24)19(13-7-5-6-8-13)10-15-20(12-22)18(2)11-16(23)21(14)15;1-11-7-8-3-2-4-9(10)6-5-8/h12-15H,3-11H2,1-2H3;3-6,11H,2,7H2,1H3/t14-,15?;/m0./s1. The summed E-state index contributed by atoms with van der Waals surface area (Å²) >= 11 is 0. The third-order valence-electron chi connectivity index (χ3n) is 7.17. The second-order valence-corrected chi connectivity index (χ2v) is 9.64. The minimum atomic E-state index is -0.423. The van der Waals surface area contributed by atoms with Crippen molar-refractivity contribution in [1.29, 1.82) is 0 Å². The van der Waals surface area contributed by atoms with Crippen LogP contribution in [0.3, 0.4) is 0 Å². The molecule has 0 radical (unpaired) electrons. The van der Waals surface area contributed by atoms with Gasteiger partial charge in [-0.25, -0.2) is 9.40 Å². The molecule has 2 atom stereocenters. The van der Waals surface area contributed by atoms with Gasteiger partial charge in [-0.05, 0) is 50.5 Å². The molecule has 9 heteroatoms. The highest BCUT2D eigenvalue weighted by Gasteiger charge is 2.50. The lowest BCUT2D eigenvalue weighted by molar-refractivity contribution is -0.198. The number of carbonyl (C=O) groups excluding carboxylic acids is 3. The third-order valence-corrected chi connectivity index (χ3v) is 7.17. The Balaban J connectivity index is 0.000000261. The van der Waals surface area contributed by atoms with Crippen LogP contribution in [0, 0.1) is 0 Å². The number of hydrogen-bond acceptors (Lipinski definition) is 5. The van der Waals surface area contributed by atoms with Crippen molar-refractivity contribution >= 4 is 18.2 Å². The molecule has 4 rings (SSSR count). The van der Waals surface area contributed by atoms with E-state index in [4.69, 9.17) is 0 Å². The second kappa shape index (κ2) is 13.0. The molecule has 0 bridgehead atoms. The van der Waals surface area contributed by atoms with Crippen molar-refractivity contribution in [3.63, 3.8) is 0 Å². The summed E-state index contributed by atoms with van der Waals surface area (Å²) < 4.78 is 12.6. The first-order chi connectivity index (χ1) is 16.9. The van der Waals surface area contributed by atoms with Crippen LogP contribution in [0.1, 0.15) is 58.3 Å². The van der Waals surface area contributed by atoms with Crippen molar-refractivity contribution in [2.75, 3.05) is 33.7 Å². The van der Waals surface area contributed by atoms with Crippen LogP contribution >= 0.6 is 0 Å². The van der Waals surface area contributed by atoms with E-state index in [1.807, 2.05) is 18.0 Å². The van der Waals surface area contributed by atoms with Gasteiger partial charge in [0.25, 0.3) is 0 Å². The number of fused-ring (bicyclic) bond motifs is 1. The monoisotopic (exact) mass is 489 g/mol. The molecule has 2 heterocycles. The maximum Gasteiger partial charge on any atom is 0.245 e. The Hall–Kier alpha value is -2.52. The van der Waals surface area contributed by atoms with Gasteiger partial charge >= 0.3 is 0 Å². The summed E-state index contributed by atoms with van der Waals surface area (Å²) in [4.78, 5) is 41.0. The first kappa shape index (κ1) is 27.1. The molecular weight excluding hydrogens is 449 g/mol. The predicted octanol–water partition coefficient (Wildman–Crippen LogP) is 2.75. The van der Waals surface area contributed by atoms with Crippen molar-refractivity contribution < 1.29 is 18.8 Å². The van der Waals surface area contributed by atoms with E-state index in [0.717, 1.165) is 57.1 Å². The van der Waals surface area contributed by atoms with Gasteiger partial charge < -0.3 is 15.1 Å². The van der Waals surface area contributed by atoms with E-state index in [0.29, 0.717) is 19.4 Å². The van der Waals surface area contributed by atoms with E-state index < -0.39 is 6.04 Å². The lowest BCUT2D eigenvalue weighted by Gasteiger charge is -2.54. The van der Waals surface area contributed by atoms with Crippen molar-refractivity contribution in [2.24, 2.45) is 0 Å². The molecule has 8 nitrogen and oxygen atoms in total. The van der Waals surface area contributed by atoms with Crippen LogP contribution in [0.2, 0.25) is 0 Å². The average Bonchev–Trinajstić information content (AvgIpc) is 3.29. The number of hydrazine groups is 1. The highest BCUT2D eigenvalue weighted by molar-refractivity contribution is 5.90. The number of unbranched alkanes of at least 4 members (excludes halogenated alkanes) is 1. The van der Waals surface area contributed by atoms with Crippen molar-refractivity contribution in [3.05, 3.63) is 35.7 Å². The van der Waals surface area contributed by atoms with E-state index in [9.17, 15) is 18.8 Å². The number of allylic oxidation sites excluding steroid dienone is 4. The SMILES string of the molecule is CCCC[C@H]1C(=O)N(C2CCCC2)CC2N1C(=O)CN(C)N2C=O.CNCC1=CCC=C(F)C=C1. The smallest absolute Gasteiger partial charge is 0.245 e. The number of nitrogens with zero attached hydrogens (tertiary/aromatic N) is 4. The third kappa shape index (κ3) is 6.58. The molecule has 1 N–H and O–H groups in total. The van der Waals surface area contributed by atoms with Crippen LogP contribution in [0.5, 0.6) is 0 Å². The van der Waals surface area contributed by atoms with Gasteiger partial charge in [-0.2, -0.15) is 0 Å². The first-order valence-electron chi connectivity index (χ1n) is 12.8. The molecular formula is C26H40FN5O3. The summed E-state index contributed by atoms with van der Waals surface area (Å²) in [7, 11) is 3.63. The lowest BCUT2D eigenvalue weighted by Crippen LogP contribution is -2.74. The number of amides is 3. The Morgan fingerprint density at radius 3 is 2.57 bits per heavy atom. The van der Waals surface area contributed by atoms with E-state index >= 15 is 0 Å². The van der Waals surface area contributed by atoms with Gasteiger partial charge in [0.1, 0.15) is 18.0 Å². The molecule has 3 amide bonds. The van der Waals surface area contributed by atoms with Crippen molar-refractivity contribution in [2.45, 2.75) is 76.5 Å². The number of likely N-dealkylation sites (N-methyl/N-ethyl adjacent to an activating group) is 2.